The van der Waals surface area contributed by atoms with Crippen molar-refractivity contribution in [3.05, 3.63) is 58.0 Å². The topological polar surface area (TPSA) is 171 Å². The van der Waals surface area contributed by atoms with Gasteiger partial charge in [-0.05, 0) is 37.1 Å². The second-order valence-electron chi connectivity index (χ2n) is 6.82. The number of amides is 1. The highest BCUT2D eigenvalue weighted by atomic mass is 32.1. The molecule has 0 aliphatic rings. The van der Waals surface area contributed by atoms with Crippen LogP contribution in [0.15, 0.2) is 52.4 Å². The number of nitrogens with zero attached hydrogens (tertiary/aromatic N) is 3. The zero-order chi connectivity index (χ0) is 22.4. The number of aliphatic imine (C=N–C) groups is 1. The van der Waals surface area contributed by atoms with Crippen molar-refractivity contribution in [1.29, 1.82) is 0 Å². The molecule has 162 valence electrons. The van der Waals surface area contributed by atoms with E-state index in [4.69, 9.17) is 17.2 Å². The third-order valence-electron chi connectivity index (χ3n) is 4.47. The smallest absolute Gasteiger partial charge is 0.274 e. The normalized spacial score (nSPS) is 11.7. The van der Waals surface area contributed by atoms with Crippen LogP contribution in [0.1, 0.15) is 22.6 Å². The highest BCUT2D eigenvalue weighted by Crippen LogP contribution is 2.23. The third-order valence-corrected chi connectivity index (χ3v) is 5.52. The molecule has 0 aliphatic carbocycles. The average molecular weight is 442 g/mol. The first kappa shape index (κ1) is 22.0. The Kier molecular flexibility index (Phi) is 6.98. The lowest BCUT2D eigenvalue weighted by molar-refractivity contribution is -0.122. The zero-order valence-corrected chi connectivity index (χ0v) is 17.5. The van der Waals surface area contributed by atoms with Crippen LogP contribution in [0.2, 0.25) is 0 Å². The number of Topliss-reactive ketones (excluding diaryl/α,β-unsaturated/α-hetero) is 1. The number of hydrogen-bond donors (Lipinski definition) is 4. The third kappa shape index (κ3) is 5.66. The van der Waals surface area contributed by atoms with Gasteiger partial charge >= 0.3 is 0 Å². The Morgan fingerprint density at radius 2 is 1.97 bits per heavy atom. The fourth-order valence-corrected chi connectivity index (χ4v) is 3.93. The Bertz CT molecular complexity index is 1150. The van der Waals surface area contributed by atoms with Crippen LogP contribution in [0.4, 0.5) is 5.69 Å². The van der Waals surface area contributed by atoms with Crippen LogP contribution in [0, 0.1) is 0 Å². The number of rotatable bonds is 9. The molecule has 1 aromatic carbocycles. The van der Waals surface area contributed by atoms with Crippen LogP contribution in [0.5, 0.6) is 0 Å². The first-order valence-electron chi connectivity index (χ1n) is 9.54. The van der Waals surface area contributed by atoms with Crippen LogP contribution >= 0.6 is 11.3 Å². The number of fused-ring (bicyclic) bond motifs is 1. The van der Waals surface area contributed by atoms with Crippen molar-refractivity contribution in [2.75, 3.05) is 12.3 Å². The standard InChI is InChI=1S/C20H23N7O3S/c21-12-5-4-10-27(19(12)30)11-16(28)25-14(7-3-9-24-20(22)23)17(29)18-26-13-6-1-2-8-15(13)31-18/h1-2,4-6,8,10,14H,3,7,9,11,21H2,(H,25,28)(H4,22,23,24). The van der Waals surface area contributed by atoms with Crippen molar-refractivity contribution in [1.82, 2.24) is 14.9 Å². The van der Waals surface area contributed by atoms with E-state index < -0.39 is 17.5 Å². The molecular formula is C20H23N7O3S. The lowest BCUT2D eigenvalue weighted by Gasteiger charge is -2.17. The number of ketones is 1. The van der Waals surface area contributed by atoms with E-state index in [0.29, 0.717) is 29.9 Å². The molecular weight excluding hydrogens is 418 g/mol. The van der Waals surface area contributed by atoms with Crippen molar-refractivity contribution in [3.8, 4) is 0 Å². The summed E-state index contributed by atoms with van der Waals surface area (Å²) in [7, 11) is 0. The number of thiazole rings is 1. The van der Waals surface area contributed by atoms with Gasteiger partial charge in [-0.25, -0.2) is 4.98 Å². The van der Waals surface area contributed by atoms with E-state index in [2.05, 4.69) is 15.3 Å². The molecule has 0 saturated carbocycles. The summed E-state index contributed by atoms with van der Waals surface area (Å²) < 4.78 is 2.06. The first-order chi connectivity index (χ1) is 14.8. The van der Waals surface area contributed by atoms with Crippen LogP contribution in [-0.4, -0.2) is 39.8 Å². The largest absolute Gasteiger partial charge is 0.394 e. The van der Waals surface area contributed by atoms with Gasteiger partial charge < -0.3 is 27.1 Å². The molecule has 2 heterocycles. The summed E-state index contributed by atoms with van der Waals surface area (Å²) >= 11 is 1.26. The maximum absolute atomic E-state index is 13.1. The Balaban J connectivity index is 1.77. The van der Waals surface area contributed by atoms with Gasteiger partial charge in [0, 0.05) is 12.7 Å². The van der Waals surface area contributed by atoms with Gasteiger partial charge in [0.15, 0.2) is 11.0 Å². The number of guanidine groups is 1. The Morgan fingerprint density at radius 3 is 2.71 bits per heavy atom. The molecule has 1 atom stereocenters. The maximum atomic E-state index is 13.1. The number of nitrogen functional groups attached to an aromatic ring is 1. The minimum atomic E-state index is -0.834. The number of nitrogens with two attached hydrogens (primary N) is 3. The van der Waals surface area contributed by atoms with Gasteiger partial charge in [-0.2, -0.15) is 0 Å². The van der Waals surface area contributed by atoms with Crippen LogP contribution in [0.3, 0.4) is 0 Å². The summed E-state index contributed by atoms with van der Waals surface area (Å²) in [4.78, 5) is 46.1. The highest BCUT2D eigenvalue weighted by Gasteiger charge is 2.25. The molecule has 0 aliphatic heterocycles. The number of carbonyl (C=O) groups excluding carboxylic acids is 2. The van der Waals surface area contributed by atoms with Gasteiger partial charge in [-0.1, -0.05) is 12.1 Å². The van der Waals surface area contributed by atoms with Crippen LogP contribution in [-0.2, 0) is 11.3 Å². The van der Waals surface area contributed by atoms with Crippen molar-refractivity contribution in [2.24, 2.45) is 16.5 Å². The molecule has 0 radical (unpaired) electrons. The number of para-hydroxylation sites is 1. The number of pyridine rings is 1. The molecule has 1 unspecified atom stereocenters. The predicted molar refractivity (Wildman–Crippen MR) is 121 cm³/mol. The second-order valence-corrected chi connectivity index (χ2v) is 7.85. The molecule has 3 rings (SSSR count). The van der Waals surface area contributed by atoms with E-state index in [1.165, 1.54) is 28.2 Å². The van der Waals surface area contributed by atoms with Crippen molar-refractivity contribution >= 4 is 44.9 Å². The van der Waals surface area contributed by atoms with Gasteiger partial charge in [0.2, 0.25) is 11.7 Å². The number of hydrogen-bond acceptors (Lipinski definition) is 7. The van der Waals surface area contributed by atoms with Crippen molar-refractivity contribution in [2.45, 2.75) is 25.4 Å². The van der Waals surface area contributed by atoms with Gasteiger partial charge in [0.25, 0.3) is 5.56 Å². The summed E-state index contributed by atoms with van der Waals surface area (Å²) in [5.74, 6) is -0.840. The Labute approximate surface area is 181 Å². The van der Waals surface area contributed by atoms with Gasteiger partial charge in [-0.3, -0.25) is 19.4 Å². The summed E-state index contributed by atoms with van der Waals surface area (Å²) in [5.41, 5.74) is 16.6. The molecule has 31 heavy (non-hydrogen) atoms. The van der Waals surface area contributed by atoms with E-state index in [1.54, 1.807) is 6.07 Å². The summed E-state index contributed by atoms with van der Waals surface area (Å²) in [6.45, 7) is 0.0535. The van der Waals surface area contributed by atoms with Gasteiger partial charge in [-0.15, -0.1) is 11.3 Å². The minimum Gasteiger partial charge on any atom is -0.394 e. The van der Waals surface area contributed by atoms with E-state index in [9.17, 15) is 14.4 Å². The Hall–Kier alpha value is -3.73. The lowest BCUT2D eigenvalue weighted by Crippen LogP contribution is -2.43. The monoisotopic (exact) mass is 441 g/mol. The van der Waals surface area contributed by atoms with Crippen molar-refractivity contribution in [3.63, 3.8) is 0 Å². The summed E-state index contributed by atoms with van der Waals surface area (Å²) in [6, 6.07) is 9.60. The molecule has 11 heteroatoms. The highest BCUT2D eigenvalue weighted by molar-refractivity contribution is 7.20. The van der Waals surface area contributed by atoms with Gasteiger partial charge in [0.05, 0.1) is 21.9 Å². The van der Waals surface area contributed by atoms with Crippen LogP contribution < -0.4 is 28.1 Å². The lowest BCUT2D eigenvalue weighted by atomic mass is 10.1. The van der Waals surface area contributed by atoms with E-state index in [0.717, 1.165) is 4.70 Å². The fraction of sp³-hybridized carbons (Fsp3) is 0.250. The van der Waals surface area contributed by atoms with E-state index >= 15 is 0 Å². The number of aromatic nitrogens is 2. The summed E-state index contributed by atoms with van der Waals surface area (Å²) in [5, 5.41) is 3.01. The number of carbonyl (C=O) groups is 2. The first-order valence-corrected chi connectivity index (χ1v) is 10.4. The molecule has 10 nitrogen and oxygen atoms in total. The van der Waals surface area contributed by atoms with Crippen molar-refractivity contribution < 1.29 is 9.59 Å². The second kappa shape index (κ2) is 9.85. The van der Waals surface area contributed by atoms with Crippen LogP contribution in [0.25, 0.3) is 10.2 Å². The minimum absolute atomic E-state index is 0.0367. The molecule has 0 fully saturated rings. The molecule has 3 aromatic rings. The zero-order valence-electron chi connectivity index (χ0n) is 16.7. The van der Waals surface area contributed by atoms with Gasteiger partial charge in [0.1, 0.15) is 6.54 Å². The molecule has 0 saturated heterocycles. The Morgan fingerprint density at radius 1 is 1.19 bits per heavy atom. The maximum Gasteiger partial charge on any atom is 0.274 e. The van der Waals surface area contributed by atoms with E-state index in [1.807, 2.05) is 24.3 Å². The number of benzene rings is 1. The SMILES string of the molecule is NC(N)=NCCCC(NC(=O)Cn1cccc(N)c1=O)C(=O)c1nc2ccccc2s1. The predicted octanol–water partition coefficient (Wildman–Crippen LogP) is 0.462. The quantitative estimate of drug-likeness (QED) is 0.162. The molecule has 2 aromatic heterocycles. The molecule has 1 amide bonds. The molecule has 0 bridgehead atoms. The average Bonchev–Trinajstić information content (AvgIpc) is 3.17. The summed E-state index contributed by atoms with van der Waals surface area (Å²) in [6.07, 6.45) is 2.24. The number of nitrogens with one attached hydrogen (secondary N) is 1. The molecule has 0 spiro atoms. The fourth-order valence-electron chi connectivity index (χ4n) is 2.97. The molecule has 7 N–H and O–H groups in total. The number of anilines is 1. The van der Waals surface area contributed by atoms with E-state index in [-0.39, 0.29) is 24.0 Å².